The van der Waals surface area contributed by atoms with Crippen molar-refractivity contribution in [2.75, 3.05) is 0 Å². The van der Waals surface area contributed by atoms with Crippen molar-refractivity contribution in [1.82, 2.24) is 23.1 Å². The van der Waals surface area contributed by atoms with E-state index < -0.39 is 0 Å². The molecule has 3 heterocycles. The fourth-order valence-corrected chi connectivity index (χ4v) is 3.41. The van der Waals surface area contributed by atoms with Crippen LogP contribution < -0.4 is 11.2 Å². The van der Waals surface area contributed by atoms with Crippen LogP contribution in [0.2, 0.25) is 0 Å². The highest BCUT2D eigenvalue weighted by Crippen LogP contribution is 2.20. The van der Waals surface area contributed by atoms with Gasteiger partial charge in [-0.3, -0.25) is 18.3 Å². The van der Waals surface area contributed by atoms with Crippen LogP contribution in [-0.4, -0.2) is 23.1 Å². The normalized spacial score (nSPS) is 11.9. The van der Waals surface area contributed by atoms with Gasteiger partial charge < -0.3 is 4.57 Å². The molecule has 0 saturated heterocycles. The smallest absolute Gasteiger partial charge is 0.314 e. The van der Waals surface area contributed by atoms with Crippen molar-refractivity contribution in [1.29, 1.82) is 0 Å². The Kier molecular flexibility index (Phi) is 4.11. The summed E-state index contributed by atoms with van der Waals surface area (Å²) in [4.78, 5) is 30.2. The van der Waals surface area contributed by atoms with Crippen LogP contribution in [0.15, 0.2) is 9.59 Å². The lowest BCUT2D eigenvalue weighted by Gasteiger charge is -2.08. The van der Waals surface area contributed by atoms with Crippen molar-refractivity contribution in [3.05, 3.63) is 32.2 Å². The molecule has 0 aromatic carbocycles. The van der Waals surface area contributed by atoms with E-state index in [9.17, 15) is 9.59 Å². The minimum atomic E-state index is -0.290. The maximum atomic E-state index is 13.0. The fourth-order valence-electron chi connectivity index (χ4n) is 3.41. The molecular formula is C17H25N5O2. The van der Waals surface area contributed by atoms with Crippen LogP contribution in [0.1, 0.15) is 44.5 Å². The average Bonchev–Trinajstić information content (AvgIpc) is 3.05. The second-order valence-electron chi connectivity index (χ2n) is 6.34. The summed E-state index contributed by atoms with van der Waals surface area (Å²) in [6.45, 7) is 9.39. The Morgan fingerprint density at radius 2 is 1.71 bits per heavy atom. The van der Waals surface area contributed by atoms with Gasteiger partial charge in [0, 0.05) is 31.5 Å². The van der Waals surface area contributed by atoms with Crippen LogP contribution in [0, 0.1) is 13.8 Å². The molecule has 24 heavy (non-hydrogen) atoms. The highest BCUT2D eigenvalue weighted by atomic mass is 16.2. The third-order valence-electron chi connectivity index (χ3n) is 4.93. The lowest BCUT2D eigenvalue weighted by atomic mass is 10.2. The lowest BCUT2D eigenvalue weighted by molar-refractivity contribution is 0.550. The molecule has 0 saturated carbocycles. The molecule has 0 aliphatic heterocycles. The molecule has 3 aromatic rings. The predicted octanol–water partition coefficient (Wildman–Crippen LogP) is 1.98. The Morgan fingerprint density at radius 1 is 1.00 bits per heavy atom. The van der Waals surface area contributed by atoms with E-state index in [-0.39, 0.29) is 11.2 Å². The number of hydrogen-bond donors (Lipinski definition) is 0. The van der Waals surface area contributed by atoms with Crippen LogP contribution in [-0.2, 0) is 20.1 Å². The lowest BCUT2D eigenvalue weighted by Crippen LogP contribution is -2.39. The molecule has 0 amide bonds. The van der Waals surface area contributed by atoms with Crippen molar-refractivity contribution in [2.24, 2.45) is 7.05 Å². The van der Waals surface area contributed by atoms with Crippen molar-refractivity contribution in [3.8, 4) is 0 Å². The number of rotatable bonds is 5. The van der Waals surface area contributed by atoms with E-state index in [1.165, 1.54) is 9.13 Å². The molecule has 0 aliphatic carbocycles. The van der Waals surface area contributed by atoms with Crippen LogP contribution in [0.3, 0.4) is 0 Å². The van der Waals surface area contributed by atoms with Crippen molar-refractivity contribution in [2.45, 2.75) is 60.0 Å². The Hall–Kier alpha value is -2.31. The zero-order valence-electron chi connectivity index (χ0n) is 15.1. The molecule has 3 aromatic heterocycles. The molecule has 0 fully saturated rings. The summed E-state index contributed by atoms with van der Waals surface area (Å²) in [6.07, 6.45) is 2.87. The van der Waals surface area contributed by atoms with E-state index in [0.717, 1.165) is 43.0 Å². The Balaban J connectivity index is 2.40. The topological polar surface area (TPSA) is 66.2 Å². The van der Waals surface area contributed by atoms with Crippen LogP contribution in [0.25, 0.3) is 16.9 Å². The summed E-state index contributed by atoms with van der Waals surface area (Å²) in [7, 11) is 1.69. The first-order valence-electron chi connectivity index (χ1n) is 8.61. The quantitative estimate of drug-likeness (QED) is 0.671. The SMILES string of the molecule is CCCCCn1c(=O)c2c(nc3n(CC)c(C)c(C)n23)n(C)c1=O. The summed E-state index contributed by atoms with van der Waals surface area (Å²) < 4.78 is 6.81. The number of unbranched alkanes of at least 4 members (excludes halogenated alkanes) is 2. The van der Waals surface area contributed by atoms with Gasteiger partial charge in [0.25, 0.3) is 5.56 Å². The maximum Gasteiger partial charge on any atom is 0.332 e. The molecule has 0 unspecified atom stereocenters. The van der Waals surface area contributed by atoms with Crippen LogP contribution in [0.5, 0.6) is 0 Å². The van der Waals surface area contributed by atoms with Crippen molar-refractivity contribution >= 4 is 16.9 Å². The van der Waals surface area contributed by atoms with E-state index in [1.54, 1.807) is 7.05 Å². The summed E-state index contributed by atoms with van der Waals surface area (Å²) in [5.41, 5.74) is 2.50. The van der Waals surface area contributed by atoms with E-state index in [2.05, 4.69) is 16.5 Å². The highest BCUT2D eigenvalue weighted by Gasteiger charge is 2.21. The molecule has 0 spiro atoms. The van der Waals surface area contributed by atoms with Crippen LogP contribution >= 0.6 is 0 Å². The minimum Gasteiger partial charge on any atom is -0.314 e. The first-order valence-corrected chi connectivity index (χ1v) is 8.61. The molecular weight excluding hydrogens is 306 g/mol. The maximum absolute atomic E-state index is 13.0. The second kappa shape index (κ2) is 5.96. The van der Waals surface area contributed by atoms with Gasteiger partial charge in [-0.1, -0.05) is 19.8 Å². The molecule has 0 aliphatic rings. The van der Waals surface area contributed by atoms with Gasteiger partial charge in [-0.2, -0.15) is 4.98 Å². The summed E-state index contributed by atoms with van der Waals surface area (Å²) >= 11 is 0. The fraction of sp³-hybridized carbons (Fsp3) is 0.588. The number of fused-ring (bicyclic) bond motifs is 3. The zero-order chi connectivity index (χ0) is 17.6. The predicted molar refractivity (Wildman–Crippen MR) is 94.9 cm³/mol. The molecule has 130 valence electrons. The summed E-state index contributed by atoms with van der Waals surface area (Å²) in [5, 5.41) is 0. The van der Waals surface area contributed by atoms with Gasteiger partial charge in [0.2, 0.25) is 5.78 Å². The summed E-state index contributed by atoms with van der Waals surface area (Å²) in [5.74, 6) is 0.723. The van der Waals surface area contributed by atoms with E-state index in [4.69, 9.17) is 0 Å². The zero-order valence-corrected chi connectivity index (χ0v) is 15.1. The van der Waals surface area contributed by atoms with E-state index in [0.29, 0.717) is 17.7 Å². The minimum absolute atomic E-state index is 0.243. The number of nitrogens with zero attached hydrogens (tertiary/aromatic N) is 5. The van der Waals surface area contributed by atoms with Gasteiger partial charge in [0.15, 0.2) is 11.2 Å². The van der Waals surface area contributed by atoms with Gasteiger partial charge >= 0.3 is 5.69 Å². The van der Waals surface area contributed by atoms with Gasteiger partial charge in [0.1, 0.15) is 0 Å². The van der Waals surface area contributed by atoms with Gasteiger partial charge in [-0.25, -0.2) is 4.79 Å². The number of aryl methyl sites for hydroxylation is 3. The monoisotopic (exact) mass is 331 g/mol. The van der Waals surface area contributed by atoms with Gasteiger partial charge in [-0.15, -0.1) is 0 Å². The molecule has 0 bridgehead atoms. The van der Waals surface area contributed by atoms with Crippen LogP contribution in [0.4, 0.5) is 0 Å². The number of aromatic nitrogens is 5. The van der Waals surface area contributed by atoms with E-state index in [1.807, 2.05) is 25.2 Å². The molecule has 0 N–H and O–H groups in total. The standard InChI is InChI=1S/C17H25N5O2/c1-6-8-9-10-21-15(23)13-14(19(5)17(21)24)18-16-20(7-2)11(3)12(4)22(13)16/h6-10H2,1-5H3. The average molecular weight is 331 g/mol. The molecule has 7 nitrogen and oxygen atoms in total. The Labute approximate surface area is 140 Å². The summed E-state index contributed by atoms with van der Waals surface area (Å²) in [6, 6.07) is 0. The molecule has 7 heteroatoms. The molecule has 3 rings (SSSR count). The van der Waals surface area contributed by atoms with Gasteiger partial charge in [0.05, 0.1) is 0 Å². The molecule has 0 radical (unpaired) electrons. The number of hydrogen-bond acceptors (Lipinski definition) is 3. The third kappa shape index (κ3) is 2.14. The third-order valence-corrected chi connectivity index (χ3v) is 4.93. The first-order chi connectivity index (χ1) is 11.4. The molecule has 0 atom stereocenters. The second-order valence-corrected chi connectivity index (χ2v) is 6.34. The van der Waals surface area contributed by atoms with E-state index >= 15 is 0 Å². The largest absolute Gasteiger partial charge is 0.332 e. The highest BCUT2D eigenvalue weighted by molar-refractivity contribution is 5.76. The Morgan fingerprint density at radius 3 is 2.33 bits per heavy atom. The van der Waals surface area contributed by atoms with Crippen molar-refractivity contribution in [3.63, 3.8) is 0 Å². The first kappa shape index (κ1) is 16.5. The number of imidazole rings is 2. The van der Waals surface area contributed by atoms with Gasteiger partial charge in [-0.05, 0) is 27.2 Å². The van der Waals surface area contributed by atoms with Crippen molar-refractivity contribution < 1.29 is 0 Å². The Bertz CT molecular complexity index is 1030.